The van der Waals surface area contributed by atoms with Crippen LogP contribution in [0.3, 0.4) is 0 Å². The van der Waals surface area contributed by atoms with E-state index >= 15 is 0 Å². The average molecular weight is 324 g/mol. The topological polar surface area (TPSA) is 50.3 Å². The van der Waals surface area contributed by atoms with Crippen LogP contribution in [0, 0.1) is 5.82 Å². The maximum atomic E-state index is 13.9. The summed E-state index contributed by atoms with van der Waals surface area (Å²) in [5.41, 5.74) is 3.53. The van der Waals surface area contributed by atoms with Gasteiger partial charge >= 0.3 is 0 Å². The van der Waals surface area contributed by atoms with Crippen molar-refractivity contribution < 1.29 is 18.0 Å². The van der Waals surface area contributed by atoms with Crippen LogP contribution in [-0.4, -0.2) is 29.5 Å². The SMILES string of the molecule is CONc1cnc(N2CC(F)(F)CC2c2cccc(F)c2)nc1. The minimum absolute atomic E-state index is 0.165. The first-order valence-corrected chi connectivity index (χ1v) is 6.99. The van der Waals surface area contributed by atoms with Crippen molar-refractivity contribution in [3.05, 3.63) is 48.0 Å². The summed E-state index contributed by atoms with van der Waals surface area (Å²) in [6, 6.07) is 5.00. The Morgan fingerprint density at radius 1 is 1.30 bits per heavy atom. The lowest BCUT2D eigenvalue weighted by Crippen LogP contribution is -2.28. The van der Waals surface area contributed by atoms with Crippen LogP contribution >= 0.6 is 0 Å². The molecule has 1 saturated heterocycles. The van der Waals surface area contributed by atoms with Crippen molar-refractivity contribution in [2.75, 3.05) is 24.0 Å². The summed E-state index contributed by atoms with van der Waals surface area (Å²) >= 11 is 0. The van der Waals surface area contributed by atoms with E-state index in [-0.39, 0.29) is 5.95 Å². The summed E-state index contributed by atoms with van der Waals surface area (Å²) in [6.45, 7) is -0.509. The smallest absolute Gasteiger partial charge is 0.267 e. The molecule has 1 aromatic carbocycles. The van der Waals surface area contributed by atoms with Crippen molar-refractivity contribution in [2.45, 2.75) is 18.4 Å². The number of hydrogen-bond donors (Lipinski definition) is 1. The Morgan fingerprint density at radius 2 is 2.04 bits per heavy atom. The van der Waals surface area contributed by atoms with Crippen molar-refractivity contribution in [3.63, 3.8) is 0 Å². The van der Waals surface area contributed by atoms with E-state index in [0.29, 0.717) is 11.3 Å². The molecular weight excluding hydrogens is 309 g/mol. The van der Waals surface area contributed by atoms with E-state index in [4.69, 9.17) is 4.84 Å². The Bertz CT molecular complexity index is 681. The van der Waals surface area contributed by atoms with Gasteiger partial charge in [-0.2, -0.15) is 0 Å². The third kappa shape index (κ3) is 3.37. The Morgan fingerprint density at radius 3 is 2.70 bits per heavy atom. The van der Waals surface area contributed by atoms with Crippen molar-refractivity contribution in [3.8, 4) is 0 Å². The van der Waals surface area contributed by atoms with Crippen LogP contribution in [0.2, 0.25) is 0 Å². The quantitative estimate of drug-likeness (QED) is 0.876. The van der Waals surface area contributed by atoms with Crippen LogP contribution in [0.15, 0.2) is 36.7 Å². The molecule has 1 aliphatic rings. The molecule has 1 unspecified atom stereocenters. The molecule has 0 radical (unpaired) electrons. The second-order valence-corrected chi connectivity index (χ2v) is 5.34. The molecule has 23 heavy (non-hydrogen) atoms. The summed E-state index contributed by atoms with van der Waals surface area (Å²) in [6.07, 6.45) is 2.47. The first-order chi connectivity index (χ1) is 11.0. The van der Waals surface area contributed by atoms with Gasteiger partial charge in [0.1, 0.15) is 5.82 Å². The van der Waals surface area contributed by atoms with Crippen LogP contribution in [0.5, 0.6) is 0 Å². The zero-order valence-electron chi connectivity index (χ0n) is 12.3. The van der Waals surface area contributed by atoms with E-state index in [2.05, 4.69) is 15.4 Å². The highest BCUT2D eigenvalue weighted by atomic mass is 19.3. The van der Waals surface area contributed by atoms with Gasteiger partial charge in [0.15, 0.2) is 0 Å². The summed E-state index contributed by atoms with van der Waals surface area (Å²) in [4.78, 5) is 14.3. The molecule has 1 aromatic heterocycles. The fourth-order valence-corrected chi connectivity index (χ4v) is 2.68. The Hall–Kier alpha value is -2.35. The number of anilines is 2. The maximum absolute atomic E-state index is 13.9. The highest BCUT2D eigenvalue weighted by Gasteiger charge is 2.46. The summed E-state index contributed by atoms with van der Waals surface area (Å²) in [5.74, 6) is -3.18. The molecule has 1 N–H and O–H groups in total. The molecule has 1 aliphatic heterocycles. The number of alkyl halides is 2. The maximum Gasteiger partial charge on any atom is 0.267 e. The zero-order chi connectivity index (χ0) is 16.4. The van der Waals surface area contributed by atoms with Crippen LogP contribution < -0.4 is 10.4 Å². The molecule has 5 nitrogen and oxygen atoms in total. The van der Waals surface area contributed by atoms with Gasteiger partial charge in [-0.1, -0.05) is 12.1 Å². The summed E-state index contributed by atoms with van der Waals surface area (Å²) in [7, 11) is 1.44. The van der Waals surface area contributed by atoms with E-state index in [1.54, 1.807) is 6.07 Å². The van der Waals surface area contributed by atoms with Gasteiger partial charge in [0.05, 0.1) is 37.8 Å². The van der Waals surface area contributed by atoms with Crippen molar-refractivity contribution in [1.29, 1.82) is 0 Å². The standard InChI is InChI=1S/C15H15F3N4O/c1-23-21-12-7-19-14(20-8-12)22-9-15(17,18)6-13(22)10-3-2-4-11(16)5-10/h2-5,7-8,13,21H,6,9H2,1H3. The molecule has 0 saturated carbocycles. The minimum atomic E-state index is -2.89. The van der Waals surface area contributed by atoms with Crippen molar-refractivity contribution in [1.82, 2.24) is 9.97 Å². The second kappa shape index (κ2) is 6.04. The largest absolute Gasteiger partial charge is 0.328 e. The number of nitrogens with one attached hydrogen (secondary N) is 1. The number of benzene rings is 1. The molecule has 122 valence electrons. The highest BCUT2D eigenvalue weighted by Crippen LogP contribution is 2.42. The normalized spacial score (nSPS) is 19.8. The predicted octanol–water partition coefficient (Wildman–Crippen LogP) is 3.18. The lowest BCUT2D eigenvalue weighted by atomic mass is 10.0. The Balaban J connectivity index is 1.91. The van der Waals surface area contributed by atoms with Gasteiger partial charge in [0.25, 0.3) is 5.92 Å². The zero-order valence-corrected chi connectivity index (χ0v) is 12.3. The van der Waals surface area contributed by atoms with Gasteiger partial charge in [-0.25, -0.2) is 23.1 Å². The van der Waals surface area contributed by atoms with Gasteiger partial charge < -0.3 is 4.90 Å². The number of hydrogen-bond acceptors (Lipinski definition) is 5. The fourth-order valence-electron chi connectivity index (χ4n) is 2.68. The van der Waals surface area contributed by atoms with Crippen molar-refractivity contribution >= 4 is 11.6 Å². The van der Waals surface area contributed by atoms with Crippen LogP contribution in [0.4, 0.5) is 24.8 Å². The predicted molar refractivity (Wildman–Crippen MR) is 78.7 cm³/mol. The number of rotatable bonds is 4. The first kappa shape index (κ1) is 15.5. The van der Waals surface area contributed by atoms with Gasteiger partial charge in [-0.3, -0.25) is 10.3 Å². The molecule has 0 spiro atoms. The third-order valence-corrected chi connectivity index (χ3v) is 3.62. The first-order valence-electron chi connectivity index (χ1n) is 6.99. The molecule has 2 heterocycles. The highest BCUT2D eigenvalue weighted by molar-refractivity contribution is 5.44. The molecule has 8 heteroatoms. The molecular formula is C15H15F3N4O. The number of aromatic nitrogens is 2. The number of halogens is 3. The van der Waals surface area contributed by atoms with Crippen LogP contribution in [0.1, 0.15) is 18.0 Å². The molecule has 2 aromatic rings. The molecule has 0 amide bonds. The lowest BCUT2D eigenvalue weighted by Gasteiger charge is -2.24. The van der Waals surface area contributed by atoms with E-state index in [0.717, 1.165) is 0 Å². The Kier molecular flexibility index (Phi) is 4.08. The van der Waals surface area contributed by atoms with Gasteiger partial charge in [0.2, 0.25) is 5.95 Å². The summed E-state index contributed by atoms with van der Waals surface area (Å²) < 4.78 is 41.2. The summed E-state index contributed by atoms with van der Waals surface area (Å²) in [5, 5.41) is 0. The van der Waals surface area contributed by atoms with Gasteiger partial charge in [-0.05, 0) is 17.7 Å². The van der Waals surface area contributed by atoms with E-state index < -0.39 is 30.7 Å². The molecule has 1 fully saturated rings. The molecule has 0 aliphatic carbocycles. The fraction of sp³-hybridized carbons (Fsp3) is 0.333. The Labute approximate surface area is 131 Å². The van der Waals surface area contributed by atoms with E-state index in [9.17, 15) is 13.2 Å². The van der Waals surface area contributed by atoms with E-state index in [1.165, 1.54) is 42.6 Å². The third-order valence-electron chi connectivity index (χ3n) is 3.62. The molecule has 3 rings (SSSR count). The monoisotopic (exact) mass is 324 g/mol. The minimum Gasteiger partial charge on any atom is -0.328 e. The molecule has 1 atom stereocenters. The van der Waals surface area contributed by atoms with Gasteiger partial charge in [0, 0.05) is 6.42 Å². The van der Waals surface area contributed by atoms with E-state index in [1.807, 2.05) is 0 Å². The van der Waals surface area contributed by atoms with Gasteiger partial charge in [-0.15, -0.1) is 0 Å². The lowest BCUT2D eigenvalue weighted by molar-refractivity contribution is 0.0222. The second-order valence-electron chi connectivity index (χ2n) is 5.34. The van der Waals surface area contributed by atoms with Crippen LogP contribution in [-0.2, 0) is 4.84 Å². The van der Waals surface area contributed by atoms with Crippen molar-refractivity contribution in [2.24, 2.45) is 0 Å². The number of nitrogens with zero attached hydrogens (tertiary/aromatic N) is 3. The average Bonchev–Trinajstić information content (AvgIpc) is 2.84. The molecule has 0 bridgehead atoms. The van der Waals surface area contributed by atoms with Crippen LogP contribution in [0.25, 0.3) is 0 Å².